The van der Waals surface area contributed by atoms with E-state index in [9.17, 15) is 14.4 Å². The highest BCUT2D eigenvalue weighted by Gasteiger charge is 2.30. The van der Waals surface area contributed by atoms with Gasteiger partial charge in [0.05, 0.1) is 20.6 Å². The number of methoxy groups -OCH3 is 2. The number of fused-ring (bicyclic) bond motifs is 3. The molecule has 0 saturated heterocycles. The summed E-state index contributed by atoms with van der Waals surface area (Å²) in [5.74, 6) is -1.50. The van der Waals surface area contributed by atoms with E-state index >= 15 is 0 Å². The van der Waals surface area contributed by atoms with Crippen molar-refractivity contribution in [3.63, 3.8) is 0 Å². The number of nitrogens with one attached hydrogen (secondary N) is 1. The average molecular weight is 383 g/mol. The Hall–Kier alpha value is -3.35. The number of rotatable bonds is 6. The summed E-state index contributed by atoms with van der Waals surface area (Å²) < 4.78 is 14.5. The fourth-order valence-electron chi connectivity index (χ4n) is 3.37. The van der Waals surface area contributed by atoms with Crippen LogP contribution in [-0.4, -0.2) is 44.9 Å². The molecule has 0 spiro atoms. The fraction of sp³-hybridized carbons (Fsp3) is 0.286. The minimum Gasteiger partial charge on any atom is -0.469 e. The van der Waals surface area contributed by atoms with E-state index in [1.807, 2.05) is 48.5 Å². The van der Waals surface area contributed by atoms with Crippen LogP contribution in [0.5, 0.6) is 0 Å². The Kier molecular flexibility index (Phi) is 5.93. The lowest BCUT2D eigenvalue weighted by atomic mass is 9.98. The first-order chi connectivity index (χ1) is 13.5. The molecule has 1 aliphatic rings. The standard InChI is InChI=1S/C21H21NO6/c1-26-19(23)11-18(20(24)27-2)22-21(25)28-12-17-15-9-5-3-7-13(15)14-8-4-6-10-16(14)17/h3-10,17-18H,11-12H2,1-2H3,(H,22,25)/t18-/m0/s1. The Morgan fingerprint density at radius 2 is 1.50 bits per heavy atom. The number of carbonyl (C=O) groups excluding carboxylic acids is 3. The quantitative estimate of drug-likeness (QED) is 0.609. The summed E-state index contributed by atoms with van der Waals surface area (Å²) >= 11 is 0. The molecule has 1 aliphatic carbocycles. The van der Waals surface area contributed by atoms with Gasteiger partial charge < -0.3 is 19.5 Å². The van der Waals surface area contributed by atoms with E-state index in [2.05, 4.69) is 14.8 Å². The van der Waals surface area contributed by atoms with E-state index in [4.69, 9.17) is 4.74 Å². The summed E-state index contributed by atoms with van der Waals surface area (Å²) in [6.07, 6.45) is -1.14. The maximum atomic E-state index is 12.2. The average Bonchev–Trinajstić information content (AvgIpc) is 3.05. The number of carbonyl (C=O) groups is 3. The third kappa shape index (κ3) is 3.98. The Morgan fingerprint density at radius 1 is 0.929 bits per heavy atom. The van der Waals surface area contributed by atoms with Gasteiger partial charge in [-0.3, -0.25) is 4.79 Å². The zero-order chi connectivity index (χ0) is 20.1. The van der Waals surface area contributed by atoms with Gasteiger partial charge in [0.15, 0.2) is 0 Å². The number of hydrogen-bond acceptors (Lipinski definition) is 6. The van der Waals surface area contributed by atoms with Gasteiger partial charge >= 0.3 is 18.0 Å². The van der Waals surface area contributed by atoms with Crippen molar-refractivity contribution in [1.29, 1.82) is 0 Å². The van der Waals surface area contributed by atoms with Crippen LogP contribution in [0.1, 0.15) is 23.5 Å². The van der Waals surface area contributed by atoms with Crippen LogP contribution in [0.15, 0.2) is 48.5 Å². The second kappa shape index (κ2) is 8.56. The molecule has 0 fully saturated rings. The molecule has 28 heavy (non-hydrogen) atoms. The molecule has 146 valence electrons. The van der Waals surface area contributed by atoms with E-state index in [1.165, 1.54) is 14.2 Å². The summed E-state index contributed by atoms with van der Waals surface area (Å²) in [6, 6.07) is 14.8. The van der Waals surface area contributed by atoms with Crippen LogP contribution in [0.25, 0.3) is 11.1 Å². The summed E-state index contributed by atoms with van der Waals surface area (Å²) in [4.78, 5) is 35.5. The van der Waals surface area contributed by atoms with Crippen molar-refractivity contribution in [1.82, 2.24) is 5.32 Å². The van der Waals surface area contributed by atoms with Crippen molar-refractivity contribution < 1.29 is 28.6 Å². The highest BCUT2D eigenvalue weighted by molar-refractivity contribution is 5.86. The summed E-state index contributed by atoms with van der Waals surface area (Å²) in [6.45, 7) is 0.103. The predicted molar refractivity (Wildman–Crippen MR) is 101 cm³/mol. The van der Waals surface area contributed by atoms with E-state index in [0.29, 0.717) is 0 Å². The number of benzene rings is 2. The molecular weight excluding hydrogens is 362 g/mol. The van der Waals surface area contributed by atoms with Gasteiger partial charge in [-0.2, -0.15) is 0 Å². The van der Waals surface area contributed by atoms with Gasteiger partial charge in [0.25, 0.3) is 0 Å². The molecule has 3 rings (SSSR count). The van der Waals surface area contributed by atoms with Gasteiger partial charge in [0.1, 0.15) is 12.6 Å². The van der Waals surface area contributed by atoms with Crippen LogP contribution in [0.4, 0.5) is 4.79 Å². The normalized spacial score (nSPS) is 13.1. The van der Waals surface area contributed by atoms with E-state index in [0.717, 1.165) is 22.3 Å². The zero-order valence-corrected chi connectivity index (χ0v) is 15.6. The molecule has 0 saturated carbocycles. The highest BCUT2D eigenvalue weighted by atomic mass is 16.6. The molecule has 1 atom stereocenters. The molecule has 1 amide bonds. The van der Waals surface area contributed by atoms with Gasteiger partial charge in [-0.15, -0.1) is 0 Å². The monoisotopic (exact) mass is 383 g/mol. The van der Waals surface area contributed by atoms with Gasteiger partial charge in [-0.25, -0.2) is 9.59 Å². The molecule has 0 unspecified atom stereocenters. The molecule has 0 heterocycles. The summed E-state index contributed by atoms with van der Waals surface area (Å²) in [5, 5.41) is 2.37. The number of alkyl carbamates (subject to hydrolysis) is 1. The smallest absolute Gasteiger partial charge is 0.407 e. The lowest BCUT2D eigenvalue weighted by molar-refractivity contribution is -0.149. The molecule has 7 nitrogen and oxygen atoms in total. The molecule has 0 radical (unpaired) electrons. The highest BCUT2D eigenvalue weighted by Crippen LogP contribution is 2.44. The van der Waals surface area contributed by atoms with Crippen LogP contribution in [0.2, 0.25) is 0 Å². The number of ether oxygens (including phenoxy) is 3. The van der Waals surface area contributed by atoms with E-state index < -0.39 is 24.1 Å². The first kappa shape index (κ1) is 19.4. The van der Waals surface area contributed by atoms with Gasteiger partial charge in [0.2, 0.25) is 0 Å². The van der Waals surface area contributed by atoms with E-state index in [-0.39, 0.29) is 18.9 Å². The zero-order valence-electron chi connectivity index (χ0n) is 15.6. The topological polar surface area (TPSA) is 90.9 Å². The summed E-state index contributed by atoms with van der Waals surface area (Å²) in [5.41, 5.74) is 4.39. The summed E-state index contributed by atoms with van der Waals surface area (Å²) in [7, 11) is 2.37. The largest absolute Gasteiger partial charge is 0.469 e. The molecule has 0 bridgehead atoms. The lowest BCUT2D eigenvalue weighted by Gasteiger charge is -2.17. The number of hydrogen-bond donors (Lipinski definition) is 1. The van der Waals surface area contributed by atoms with Crippen molar-refractivity contribution in [2.45, 2.75) is 18.4 Å². The van der Waals surface area contributed by atoms with Crippen LogP contribution >= 0.6 is 0 Å². The molecule has 0 aliphatic heterocycles. The third-order valence-corrected chi connectivity index (χ3v) is 4.72. The van der Waals surface area contributed by atoms with Crippen LogP contribution < -0.4 is 5.32 Å². The second-order valence-electron chi connectivity index (χ2n) is 6.33. The van der Waals surface area contributed by atoms with Crippen molar-refractivity contribution in [2.24, 2.45) is 0 Å². The first-order valence-electron chi connectivity index (χ1n) is 8.81. The Balaban J connectivity index is 1.69. The molecule has 1 N–H and O–H groups in total. The van der Waals surface area contributed by atoms with Crippen molar-refractivity contribution in [3.8, 4) is 11.1 Å². The number of esters is 2. The van der Waals surface area contributed by atoms with Crippen LogP contribution in [0.3, 0.4) is 0 Å². The maximum Gasteiger partial charge on any atom is 0.407 e. The minimum atomic E-state index is -1.17. The van der Waals surface area contributed by atoms with Crippen LogP contribution in [0, 0.1) is 0 Å². The molecular formula is C21H21NO6. The lowest BCUT2D eigenvalue weighted by Crippen LogP contribution is -2.43. The van der Waals surface area contributed by atoms with Crippen molar-refractivity contribution in [3.05, 3.63) is 59.7 Å². The molecule has 0 aromatic heterocycles. The second-order valence-corrected chi connectivity index (χ2v) is 6.33. The Labute approximate surface area is 162 Å². The van der Waals surface area contributed by atoms with Crippen molar-refractivity contribution in [2.75, 3.05) is 20.8 Å². The van der Waals surface area contributed by atoms with E-state index in [1.54, 1.807) is 0 Å². The van der Waals surface area contributed by atoms with Gasteiger partial charge in [-0.1, -0.05) is 48.5 Å². The maximum absolute atomic E-state index is 12.2. The molecule has 2 aromatic carbocycles. The number of amides is 1. The SMILES string of the molecule is COC(=O)C[C@H](NC(=O)OCC1c2ccccc2-c2ccccc21)C(=O)OC. The third-order valence-electron chi connectivity index (χ3n) is 4.72. The van der Waals surface area contributed by atoms with Gasteiger partial charge in [-0.05, 0) is 22.3 Å². The Bertz CT molecular complexity index is 848. The Morgan fingerprint density at radius 3 is 2.04 bits per heavy atom. The van der Waals surface area contributed by atoms with Crippen molar-refractivity contribution >= 4 is 18.0 Å². The minimum absolute atomic E-state index is 0.102. The van der Waals surface area contributed by atoms with Gasteiger partial charge in [0, 0.05) is 5.92 Å². The fourth-order valence-corrected chi connectivity index (χ4v) is 3.37. The predicted octanol–water partition coefficient (Wildman–Crippen LogP) is 2.63. The first-order valence-corrected chi connectivity index (χ1v) is 8.81. The molecule has 2 aromatic rings. The molecule has 7 heteroatoms. The van der Waals surface area contributed by atoms with Crippen LogP contribution in [-0.2, 0) is 23.8 Å².